The summed E-state index contributed by atoms with van der Waals surface area (Å²) < 4.78 is 5.28. The minimum absolute atomic E-state index is 0.0266. The van der Waals surface area contributed by atoms with Crippen LogP contribution in [-0.2, 0) is 16.1 Å². The Morgan fingerprint density at radius 3 is 2.81 bits per heavy atom. The largest absolute Gasteiger partial charge is 0.461 e. The van der Waals surface area contributed by atoms with Crippen molar-refractivity contribution in [2.45, 2.75) is 26.0 Å². The van der Waals surface area contributed by atoms with E-state index >= 15 is 0 Å². The maximum atomic E-state index is 11.7. The van der Waals surface area contributed by atoms with Crippen LogP contribution in [0.15, 0.2) is 30.3 Å². The second-order valence-corrected chi connectivity index (χ2v) is 4.34. The summed E-state index contributed by atoms with van der Waals surface area (Å²) in [5.74, 6) is -0.0561. The van der Waals surface area contributed by atoms with Gasteiger partial charge in [0.05, 0.1) is 5.92 Å². The van der Waals surface area contributed by atoms with Crippen molar-refractivity contribution in [3.63, 3.8) is 0 Å². The van der Waals surface area contributed by atoms with Gasteiger partial charge in [0.15, 0.2) is 0 Å². The third kappa shape index (κ3) is 2.83. The maximum Gasteiger partial charge on any atom is 0.310 e. The predicted octanol–water partition coefficient (Wildman–Crippen LogP) is 1.73. The summed E-state index contributed by atoms with van der Waals surface area (Å²) in [6.07, 6.45) is 0.883. The maximum absolute atomic E-state index is 11.7. The van der Waals surface area contributed by atoms with Crippen LogP contribution in [0.2, 0.25) is 0 Å². The Morgan fingerprint density at radius 1 is 1.44 bits per heavy atom. The van der Waals surface area contributed by atoms with Crippen molar-refractivity contribution in [2.75, 3.05) is 6.54 Å². The van der Waals surface area contributed by atoms with E-state index in [-0.39, 0.29) is 11.9 Å². The smallest absolute Gasteiger partial charge is 0.310 e. The van der Waals surface area contributed by atoms with Crippen molar-refractivity contribution in [3.05, 3.63) is 35.9 Å². The summed E-state index contributed by atoms with van der Waals surface area (Å²) >= 11 is 0. The molecule has 1 fully saturated rings. The van der Waals surface area contributed by atoms with Crippen molar-refractivity contribution in [1.29, 1.82) is 0 Å². The van der Waals surface area contributed by atoms with Gasteiger partial charge >= 0.3 is 5.97 Å². The molecule has 0 unspecified atom stereocenters. The molecule has 0 amide bonds. The molecule has 1 aromatic rings. The van der Waals surface area contributed by atoms with Gasteiger partial charge in [0.25, 0.3) is 0 Å². The SMILES string of the molecule is C[C@@H]1C[C@H](C(=O)OCc2ccccc2)CN1. The normalized spacial score (nSPS) is 24.3. The van der Waals surface area contributed by atoms with Crippen molar-refractivity contribution in [3.8, 4) is 0 Å². The lowest BCUT2D eigenvalue weighted by Gasteiger charge is -2.09. The predicted molar refractivity (Wildman–Crippen MR) is 61.8 cm³/mol. The first-order valence-electron chi connectivity index (χ1n) is 5.69. The molecule has 16 heavy (non-hydrogen) atoms. The molecule has 3 heteroatoms. The zero-order chi connectivity index (χ0) is 11.4. The molecule has 2 rings (SSSR count). The van der Waals surface area contributed by atoms with Crippen LogP contribution in [0.1, 0.15) is 18.9 Å². The van der Waals surface area contributed by atoms with Crippen molar-refractivity contribution in [2.24, 2.45) is 5.92 Å². The highest BCUT2D eigenvalue weighted by molar-refractivity contribution is 5.73. The Hall–Kier alpha value is -1.35. The number of ether oxygens (including phenoxy) is 1. The van der Waals surface area contributed by atoms with Crippen LogP contribution in [0, 0.1) is 5.92 Å². The molecule has 1 heterocycles. The van der Waals surface area contributed by atoms with Crippen molar-refractivity contribution < 1.29 is 9.53 Å². The Morgan fingerprint density at radius 2 is 2.19 bits per heavy atom. The minimum atomic E-state index is -0.0827. The number of carbonyl (C=O) groups is 1. The van der Waals surface area contributed by atoms with Crippen LogP contribution in [0.4, 0.5) is 0 Å². The van der Waals surface area contributed by atoms with Crippen LogP contribution < -0.4 is 5.32 Å². The summed E-state index contributed by atoms with van der Waals surface area (Å²) in [5, 5.41) is 3.25. The van der Waals surface area contributed by atoms with Gasteiger partial charge in [0, 0.05) is 12.6 Å². The van der Waals surface area contributed by atoms with Gasteiger partial charge in [-0.3, -0.25) is 4.79 Å². The lowest BCUT2D eigenvalue weighted by Crippen LogP contribution is -2.20. The van der Waals surface area contributed by atoms with Gasteiger partial charge in [-0.05, 0) is 18.9 Å². The molecule has 1 aliphatic heterocycles. The number of esters is 1. The average Bonchev–Trinajstić information content (AvgIpc) is 2.74. The highest BCUT2D eigenvalue weighted by Crippen LogP contribution is 2.15. The number of hydrogen-bond acceptors (Lipinski definition) is 3. The van der Waals surface area contributed by atoms with E-state index in [1.165, 1.54) is 0 Å². The molecule has 86 valence electrons. The fourth-order valence-electron chi connectivity index (χ4n) is 1.96. The molecule has 1 N–H and O–H groups in total. The molecule has 0 bridgehead atoms. The van der Waals surface area contributed by atoms with E-state index in [2.05, 4.69) is 12.2 Å². The highest BCUT2D eigenvalue weighted by atomic mass is 16.5. The van der Waals surface area contributed by atoms with E-state index in [9.17, 15) is 4.79 Å². The van der Waals surface area contributed by atoms with Gasteiger partial charge in [-0.15, -0.1) is 0 Å². The molecule has 1 aliphatic rings. The molecule has 1 saturated heterocycles. The second kappa shape index (κ2) is 5.12. The Labute approximate surface area is 95.8 Å². The molecule has 0 radical (unpaired) electrons. The molecular weight excluding hydrogens is 202 g/mol. The van der Waals surface area contributed by atoms with E-state index < -0.39 is 0 Å². The molecule has 0 aromatic heterocycles. The first-order valence-corrected chi connectivity index (χ1v) is 5.69. The topological polar surface area (TPSA) is 38.3 Å². The first kappa shape index (κ1) is 11.1. The van der Waals surface area contributed by atoms with Gasteiger partial charge in [-0.1, -0.05) is 30.3 Å². The average molecular weight is 219 g/mol. The van der Waals surface area contributed by atoms with Crippen LogP contribution in [0.3, 0.4) is 0 Å². The summed E-state index contributed by atoms with van der Waals surface area (Å²) in [7, 11) is 0. The first-order chi connectivity index (χ1) is 7.75. The fraction of sp³-hybridized carbons (Fsp3) is 0.462. The van der Waals surface area contributed by atoms with Crippen LogP contribution in [0.5, 0.6) is 0 Å². The summed E-state index contributed by atoms with van der Waals surface area (Å²) in [4.78, 5) is 11.7. The van der Waals surface area contributed by atoms with E-state index in [1.807, 2.05) is 30.3 Å². The zero-order valence-corrected chi connectivity index (χ0v) is 9.48. The molecule has 2 atom stereocenters. The fourth-order valence-corrected chi connectivity index (χ4v) is 1.96. The molecule has 0 saturated carbocycles. The second-order valence-electron chi connectivity index (χ2n) is 4.34. The van der Waals surface area contributed by atoms with E-state index in [0.717, 1.165) is 18.5 Å². The molecule has 1 aromatic carbocycles. The van der Waals surface area contributed by atoms with Crippen LogP contribution >= 0.6 is 0 Å². The van der Waals surface area contributed by atoms with Crippen molar-refractivity contribution in [1.82, 2.24) is 5.32 Å². The van der Waals surface area contributed by atoms with E-state index in [4.69, 9.17) is 4.74 Å². The van der Waals surface area contributed by atoms with E-state index in [0.29, 0.717) is 12.6 Å². The molecule has 0 spiro atoms. The minimum Gasteiger partial charge on any atom is -0.461 e. The quantitative estimate of drug-likeness (QED) is 0.787. The summed E-state index contributed by atoms with van der Waals surface area (Å²) in [5.41, 5.74) is 1.04. The van der Waals surface area contributed by atoms with Gasteiger partial charge in [0.1, 0.15) is 6.61 Å². The van der Waals surface area contributed by atoms with Gasteiger partial charge in [-0.2, -0.15) is 0 Å². The van der Waals surface area contributed by atoms with E-state index in [1.54, 1.807) is 0 Å². The zero-order valence-electron chi connectivity index (χ0n) is 9.48. The molecule has 3 nitrogen and oxygen atoms in total. The Balaban J connectivity index is 1.80. The number of benzene rings is 1. The highest BCUT2D eigenvalue weighted by Gasteiger charge is 2.27. The molecule has 0 aliphatic carbocycles. The van der Waals surface area contributed by atoms with Crippen molar-refractivity contribution >= 4 is 5.97 Å². The summed E-state index contributed by atoms with van der Waals surface area (Å²) in [6, 6.07) is 10.2. The lowest BCUT2D eigenvalue weighted by atomic mass is 10.1. The number of hydrogen-bond donors (Lipinski definition) is 1. The number of rotatable bonds is 3. The monoisotopic (exact) mass is 219 g/mol. The third-order valence-electron chi connectivity index (χ3n) is 2.91. The van der Waals surface area contributed by atoms with Gasteiger partial charge < -0.3 is 10.1 Å². The number of nitrogens with one attached hydrogen (secondary N) is 1. The van der Waals surface area contributed by atoms with Gasteiger partial charge in [-0.25, -0.2) is 0 Å². The molecular formula is C13H17NO2. The Bertz CT molecular complexity index is 350. The third-order valence-corrected chi connectivity index (χ3v) is 2.91. The van der Waals surface area contributed by atoms with Gasteiger partial charge in [0.2, 0.25) is 0 Å². The van der Waals surface area contributed by atoms with Crippen LogP contribution in [0.25, 0.3) is 0 Å². The van der Waals surface area contributed by atoms with Crippen LogP contribution in [-0.4, -0.2) is 18.6 Å². The Kier molecular flexibility index (Phi) is 3.57. The summed E-state index contributed by atoms with van der Waals surface area (Å²) in [6.45, 7) is 3.21. The standard InChI is InChI=1S/C13H17NO2/c1-10-7-12(8-14-10)13(15)16-9-11-5-3-2-4-6-11/h2-6,10,12,14H,7-9H2,1H3/t10-,12+/m1/s1. The lowest BCUT2D eigenvalue weighted by molar-refractivity contribution is -0.149. The number of carbonyl (C=O) groups excluding carboxylic acids is 1.